The SMILES string of the molecule is CC(F)C(=O)NCC1CN(c2cc(F)c(N3CCNN(C(=S)C4CC4)CC3)c(F)c2)C(=O)O1. The lowest BCUT2D eigenvalue weighted by Gasteiger charge is -2.25. The van der Waals surface area contributed by atoms with Gasteiger partial charge in [0.05, 0.1) is 30.3 Å². The van der Waals surface area contributed by atoms with Crippen LogP contribution in [0.1, 0.15) is 19.8 Å². The minimum atomic E-state index is -1.69. The van der Waals surface area contributed by atoms with Crippen LogP contribution in [0.2, 0.25) is 0 Å². The zero-order valence-corrected chi connectivity index (χ0v) is 19.0. The van der Waals surface area contributed by atoms with E-state index in [1.165, 1.54) is 0 Å². The maximum Gasteiger partial charge on any atom is 0.414 e. The number of hydrogen-bond donors (Lipinski definition) is 2. The minimum Gasteiger partial charge on any atom is -0.442 e. The van der Waals surface area contributed by atoms with E-state index in [4.69, 9.17) is 17.0 Å². The summed E-state index contributed by atoms with van der Waals surface area (Å²) in [5.74, 6) is -2.00. The van der Waals surface area contributed by atoms with Gasteiger partial charge >= 0.3 is 6.09 Å². The molecule has 2 unspecified atom stereocenters. The summed E-state index contributed by atoms with van der Waals surface area (Å²) < 4.78 is 48.1. The van der Waals surface area contributed by atoms with Gasteiger partial charge in [-0.05, 0) is 19.8 Å². The molecule has 1 aromatic carbocycles. The number of amides is 2. The third kappa shape index (κ3) is 5.32. The Morgan fingerprint density at radius 2 is 1.97 bits per heavy atom. The van der Waals surface area contributed by atoms with Crippen molar-refractivity contribution in [2.75, 3.05) is 49.1 Å². The molecule has 0 aromatic heterocycles. The van der Waals surface area contributed by atoms with Crippen LogP contribution in [-0.2, 0) is 9.53 Å². The second kappa shape index (κ2) is 9.72. The molecule has 3 fully saturated rings. The molecule has 1 aliphatic carbocycles. The van der Waals surface area contributed by atoms with Crippen LogP contribution in [0.15, 0.2) is 12.1 Å². The van der Waals surface area contributed by atoms with E-state index in [0.29, 0.717) is 32.1 Å². The number of nitrogens with one attached hydrogen (secondary N) is 2. The number of hydrazine groups is 1. The highest BCUT2D eigenvalue weighted by molar-refractivity contribution is 7.80. The molecule has 0 radical (unpaired) electrons. The summed E-state index contributed by atoms with van der Waals surface area (Å²) in [4.78, 5) is 27.1. The second-order valence-electron chi connectivity index (χ2n) is 8.39. The molecule has 0 bridgehead atoms. The van der Waals surface area contributed by atoms with E-state index in [2.05, 4.69) is 10.7 Å². The smallest absolute Gasteiger partial charge is 0.414 e. The summed E-state index contributed by atoms with van der Waals surface area (Å²) in [6, 6.07) is 2.18. The fraction of sp³-hybridized carbons (Fsp3) is 0.571. The highest BCUT2D eigenvalue weighted by atomic mass is 32.1. The first-order chi connectivity index (χ1) is 15.7. The molecule has 33 heavy (non-hydrogen) atoms. The summed E-state index contributed by atoms with van der Waals surface area (Å²) >= 11 is 5.48. The fourth-order valence-electron chi connectivity index (χ4n) is 3.90. The van der Waals surface area contributed by atoms with Gasteiger partial charge in [0.2, 0.25) is 0 Å². The molecule has 3 aliphatic rings. The Kier molecular flexibility index (Phi) is 6.94. The molecule has 2 N–H and O–H groups in total. The van der Waals surface area contributed by atoms with Gasteiger partial charge in [-0.15, -0.1) is 0 Å². The largest absolute Gasteiger partial charge is 0.442 e. The van der Waals surface area contributed by atoms with Crippen molar-refractivity contribution in [3.05, 3.63) is 23.8 Å². The topological polar surface area (TPSA) is 77.2 Å². The molecule has 1 saturated carbocycles. The van der Waals surface area contributed by atoms with Gasteiger partial charge in [0.25, 0.3) is 5.91 Å². The molecule has 2 amide bonds. The average Bonchev–Trinajstić information content (AvgIpc) is 3.57. The summed E-state index contributed by atoms with van der Waals surface area (Å²) in [5, 5.41) is 4.22. The fourth-order valence-corrected chi connectivity index (χ4v) is 4.29. The number of hydrogen-bond acceptors (Lipinski definition) is 6. The Morgan fingerprint density at radius 3 is 2.61 bits per heavy atom. The average molecular weight is 486 g/mol. The van der Waals surface area contributed by atoms with Crippen LogP contribution in [0.4, 0.5) is 29.3 Å². The van der Waals surface area contributed by atoms with Gasteiger partial charge < -0.3 is 15.0 Å². The number of carbonyl (C=O) groups excluding carboxylic acids is 2. The molecule has 0 spiro atoms. The van der Waals surface area contributed by atoms with Crippen molar-refractivity contribution in [1.29, 1.82) is 0 Å². The lowest BCUT2D eigenvalue weighted by atomic mass is 10.2. The van der Waals surface area contributed by atoms with Gasteiger partial charge in [-0.1, -0.05) is 12.2 Å². The van der Waals surface area contributed by atoms with Crippen LogP contribution < -0.4 is 20.5 Å². The quantitative estimate of drug-likeness (QED) is 0.598. The first-order valence-electron chi connectivity index (χ1n) is 10.9. The molecule has 2 atom stereocenters. The van der Waals surface area contributed by atoms with E-state index in [1.54, 1.807) is 4.90 Å². The molecule has 8 nitrogen and oxygen atoms in total. The van der Waals surface area contributed by atoms with Gasteiger partial charge in [-0.2, -0.15) is 0 Å². The van der Waals surface area contributed by atoms with Crippen molar-refractivity contribution in [2.24, 2.45) is 5.92 Å². The third-order valence-electron chi connectivity index (χ3n) is 5.84. The van der Waals surface area contributed by atoms with Crippen LogP contribution in [0, 0.1) is 17.6 Å². The molecule has 2 aliphatic heterocycles. The summed E-state index contributed by atoms with van der Waals surface area (Å²) in [5.41, 5.74) is 3.07. The lowest BCUT2D eigenvalue weighted by molar-refractivity contribution is -0.125. The zero-order valence-electron chi connectivity index (χ0n) is 18.2. The number of alkyl halides is 1. The first kappa shape index (κ1) is 23.6. The standard InChI is InChI=1S/C21H26F3N5O3S/c1-12(22)19(30)25-10-15-11-28(21(31)32-15)14-8-16(23)18(17(24)9-14)27-5-4-26-29(7-6-27)20(33)13-2-3-13/h8-9,12-13,15,26H,2-7,10-11H2,1H3,(H,25,30). The first-order valence-corrected chi connectivity index (χ1v) is 11.3. The molecular formula is C21H26F3N5O3S. The summed E-state index contributed by atoms with van der Waals surface area (Å²) in [6.45, 7) is 2.72. The zero-order chi connectivity index (χ0) is 23.7. The van der Waals surface area contributed by atoms with Crippen LogP contribution in [0.25, 0.3) is 0 Å². The van der Waals surface area contributed by atoms with Crippen molar-refractivity contribution in [3.63, 3.8) is 0 Å². The van der Waals surface area contributed by atoms with Crippen LogP contribution in [0.5, 0.6) is 0 Å². The Labute approximate surface area is 195 Å². The number of nitrogens with zero attached hydrogens (tertiary/aromatic N) is 3. The van der Waals surface area contributed by atoms with Gasteiger partial charge in [-0.25, -0.2) is 23.4 Å². The van der Waals surface area contributed by atoms with Gasteiger partial charge in [0, 0.05) is 37.7 Å². The number of anilines is 2. The highest BCUT2D eigenvalue weighted by Crippen LogP contribution is 2.33. The molecule has 4 rings (SSSR count). The third-order valence-corrected chi connectivity index (χ3v) is 6.39. The molecule has 2 saturated heterocycles. The van der Waals surface area contributed by atoms with E-state index in [-0.39, 0.29) is 24.5 Å². The van der Waals surface area contributed by atoms with Crippen LogP contribution in [0.3, 0.4) is 0 Å². The normalized spacial score (nSPS) is 22.1. The summed E-state index contributed by atoms with van der Waals surface area (Å²) in [6.07, 6.45) is -1.10. The van der Waals surface area contributed by atoms with E-state index in [0.717, 1.165) is 41.8 Å². The number of rotatable bonds is 6. The number of cyclic esters (lactones) is 1. The molecule has 12 heteroatoms. The van der Waals surface area contributed by atoms with Crippen molar-refractivity contribution in [2.45, 2.75) is 32.0 Å². The minimum absolute atomic E-state index is 0.0101. The number of carbonyl (C=O) groups is 2. The predicted octanol–water partition coefficient (Wildman–Crippen LogP) is 2.13. The monoisotopic (exact) mass is 485 g/mol. The van der Waals surface area contributed by atoms with E-state index >= 15 is 8.78 Å². The van der Waals surface area contributed by atoms with Crippen LogP contribution in [-0.4, -0.2) is 73.5 Å². The van der Waals surface area contributed by atoms with Gasteiger partial charge in [0.15, 0.2) is 17.8 Å². The Bertz CT molecular complexity index is 923. The number of benzene rings is 1. The Morgan fingerprint density at radius 1 is 1.27 bits per heavy atom. The van der Waals surface area contributed by atoms with Gasteiger partial charge in [0.1, 0.15) is 11.8 Å². The van der Waals surface area contributed by atoms with Crippen LogP contribution >= 0.6 is 12.2 Å². The maximum atomic E-state index is 15.0. The van der Waals surface area contributed by atoms with E-state index in [1.807, 2.05) is 5.01 Å². The van der Waals surface area contributed by atoms with Crippen molar-refractivity contribution in [3.8, 4) is 0 Å². The van der Waals surface area contributed by atoms with Gasteiger partial charge in [-0.3, -0.25) is 14.7 Å². The number of thiocarbonyl (C=S) groups is 1. The molecular weight excluding hydrogens is 459 g/mol. The highest BCUT2D eigenvalue weighted by Gasteiger charge is 2.35. The predicted molar refractivity (Wildman–Crippen MR) is 120 cm³/mol. The Hall–Kier alpha value is -2.60. The lowest BCUT2D eigenvalue weighted by Crippen LogP contribution is -2.43. The summed E-state index contributed by atoms with van der Waals surface area (Å²) in [7, 11) is 0. The van der Waals surface area contributed by atoms with E-state index in [9.17, 15) is 14.0 Å². The number of halogens is 3. The Balaban J connectivity index is 1.42. The van der Waals surface area contributed by atoms with E-state index < -0.39 is 35.9 Å². The van der Waals surface area contributed by atoms with Crippen molar-refractivity contribution < 1.29 is 27.5 Å². The number of ether oxygens (including phenoxy) is 1. The molecule has 2 heterocycles. The molecule has 180 valence electrons. The van der Waals surface area contributed by atoms with Crippen molar-refractivity contribution in [1.82, 2.24) is 15.8 Å². The maximum absolute atomic E-state index is 15.0. The van der Waals surface area contributed by atoms with Crippen molar-refractivity contribution >= 4 is 40.6 Å². The molecule has 1 aromatic rings. The second-order valence-corrected chi connectivity index (χ2v) is 8.81.